The Morgan fingerprint density at radius 1 is 1.07 bits per heavy atom. The Labute approximate surface area is 172 Å². The van der Waals surface area contributed by atoms with Gasteiger partial charge in [-0.15, -0.1) is 0 Å². The Balaban J connectivity index is 2.61. The molecule has 0 radical (unpaired) electrons. The van der Waals surface area contributed by atoms with Gasteiger partial charge < -0.3 is 14.6 Å². The van der Waals surface area contributed by atoms with Crippen LogP contribution < -0.4 is 0 Å². The highest BCUT2D eigenvalue weighted by atomic mass is 16.5. The lowest BCUT2D eigenvalue weighted by Gasteiger charge is -2.43. The molecule has 0 saturated heterocycles. The van der Waals surface area contributed by atoms with Crippen molar-refractivity contribution in [1.29, 1.82) is 0 Å². The van der Waals surface area contributed by atoms with E-state index in [1.807, 2.05) is 24.3 Å². The molecule has 1 fully saturated rings. The van der Waals surface area contributed by atoms with Gasteiger partial charge in [-0.3, -0.25) is 14.4 Å². The molecule has 160 valence electrons. The van der Waals surface area contributed by atoms with Crippen molar-refractivity contribution in [3.05, 3.63) is 35.4 Å². The van der Waals surface area contributed by atoms with Crippen LogP contribution in [0.2, 0.25) is 0 Å². The van der Waals surface area contributed by atoms with E-state index in [0.717, 1.165) is 5.56 Å². The zero-order valence-corrected chi connectivity index (χ0v) is 18.2. The summed E-state index contributed by atoms with van der Waals surface area (Å²) in [5.41, 5.74) is 0.00523. The molecule has 6 nitrogen and oxygen atoms in total. The van der Waals surface area contributed by atoms with Gasteiger partial charge in [0.05, 0.1) is 24.7 Å². The van der Waals surface area contributed by atoms with Gasteiger partial charge in [-0.25, -0.2) is 0 Å². The summed E-state index contributed by atoms with van der Waals surface area (Å²) in [7, 11) is 0. The van der Waals surface area contributed by atoms with E-state index < -0.39 is 41.1 Å². The summed E-state index contributed by atoms with van der Waals surface area (Å²) < 4.78 is 10.4. The first-order valence-corrected chi connectivity index (χ1v) is 10.1. The molecule has 4 atom stereocenters. The van der Waals surface area contributed by atoms with Crippen LogP contribution in [0.3, 0.4) is 0 Å². The van der Waals surface area contributed by atoms with Crippen LogP contribution in [0.4, 0.5) is 0 Å². The maximum atomic E-state index is 12.8. The van der Waals surface area contributed by atoms with Gasteiger partial charge >= 0.3 is 11.9 Å². The molecule has 0 heterocycles. The minimum atomic E-state index is -1.63. The second-order valence-corrected chi connectivity index (χ2v) is 8.86. The number of ether oxygens (including phenoxy) is 2. The molecule has 29 heavy (non-hydrogen) atoms. The summed E-state index contributed by atoms with van der Waals surface area (Å²) >= 11 is 0. The Morgan fingerprint density at radius 2 is 1.59 bits per heavy atom. The van der Waals surface area contributed by atoms with E-state index in [4.69, 9.17) is 9.47 Å². The summed E-state index contributed by atoms with van der Waals surface area (Å²) in [6.07, 6.45) is -0.309. The quantitative estimate of drug-likeness (QED) is 0.599. The summed E-state index contributed by atoms with van der Waals surface area (Å²) in [6.45, 7) is 11.3. The van der Waals surface area contributed by atoms with Crippen LogP contribution in [-0.2, 0) is 29.3 Å². The van der Waals surface area contributed by atoms with Crippen LogP contribution in [0, 0.1) is 11.8 Å². The maximum Gasteiger partial charge on any atom is 0.317 e. The van der Waals surface area contributed by atoms with Gasteiger partial charge in [-0.05, 0) is 37.3 Å². The second kappa shape index (κ2) is 8.66. The lowest BCUT2D eigenvalue weighted by Crippen LogP contribution is -2.55. The number of hydrogen-bond donors (Lipinski definition) is 1. The van der Waals surface area contributed by atoms with E-state index in [9.17, 15) is 19.5 Å². The van der Waals surface area contributed by atoms with Crippen molar-refractivity contribution in [3.63, 3.8) is 0 Å². The Morgan fingerprint density at radius 3 is 2.07 bits per heavy atom. The highest BCUT2D eigenvalue weighted by molar-refractivity contribution is 6.02. The first kappa shape index (κ1) is 23.1. The van der Waals surface area contributed by atoms with Crippen molar-refractivity contribution in [1.82, 2.24) is 0 Å². The molecule has 0 amide bonds. The highest BCUT2D eigenvalue weighted by Gasteiger charge is 2.57. The number of ketones is 1. The predicted molar refractivity (Wildman–Crippen MR) is 108 cm³/mol. The van der Waals surface area contributed by atoms with E-state index in [0.29, 0.717) is 5.56 Å². The van der Waals surface area contributed by atoms with Gasteiger partial charge in [-0.1, -0.05) is 45.0 Å². The van der Waals surface area contributed by atoms with Crippen molar-refractivity contribution >= 4 is 17.7 Å². The minimum Gasteiger partial charge on any atom is -0.466 e. The van der Waals surface area contributed by atoms with E-state index in [1.165, 1.54) is 6.92 Å². The number of carbonyl (C=O) groups is 3. The number of carbonyl (C=O) groups excluding carboxylic acids is 3. The van der Waals surface area contributed by atoms with Gasteiger partial charge in [-0.2, -0.15) is 0 Å². The number of benzene rings is 1. The molecular formula is C23H32O6. The fourth-order valence-corrected chi connectivity index (χ4v) is 4.09. The highest BCUT2D eigenvalue weighted by Crippen LogP contribution is 2.47. The summed E-state index contributed by atoms with van der Waals surface area (Å²) in [5, 5.41) is 11.0. The zero-order chi connectivity index (χ0) is 22.0. The van der Waals surface area contributed by atoms with E-state index in [1.54, 1.807) is 13.8 Å². The van der Waals surface area contributed by atoms with Crippen molar-refractivity contribution in [2.24, 2.45) is 11.8 Å². The largest absolute Gasteiger partial charge is 0.466 e. The van der Waals surface area contributed by atoms with Crippen LogP contribution in [0.1, 0.15) is 65.0 Å². The van der Waals surface area contributed by atoms with Gasteiger partial charge in [0.15, 0.2) is 5.78 Å². The minimum absolute atomic E-state index is 0.0759. The van der Waals surface area contributed by atoms with Gasteiger partial charge in [0.25, 0.3) is 0 Å². The molecule has 0 unspecified atom stereocenters. The summed E-state index contributed by atoms with van der Waals surface area (Å²) in [4.78, 5) is 38.3. The van der Waals surface area contributed by atoms with Crippen LogP contribution in [0.15, 0.2) is 24.3 Å². The second-order valence-electron chi connectivity index (χ2n) is 8.86. The number of aliphatic hydroxyl groups is 1. The first-order valence-electron chi connectivity index (χ1n) is 10.1. The third kappa shape index (κ3) is 4.86. The zero-order valence-electron chi connectivity index (χ0n) is 18.2. The third-order valence-corrected chi connectivity index (χ3v) is 5.51. The van der Waals surface area contributed by atoms with Crippen LogP contribution in [-0.4, -0.2) is 41.6 Å². The molecule has 1 saturated carbocycles. The fraction of sp³-hybridized carbons (Fsp3) is 0.609. The first-order chi connectivity index (χ1) is 13.4. The van der Waals surface area contributed by atoms with Crippen LogP contribution in [0.5, 0.6) is 0 Å². The molecule has 0 aromatic heterocycles. The molecule has 2 rings (SSSR count). The fourth-order valence-electron chi connectivity index (χ4n) is 4.09. The number of Topliss-reactive ketones (excluding diaryl/α,β-unsaturated/α-hetero) is 1. The monoisotopic (exact) mass is 404 g/mol. The smallest absolute Gasteiger partial charge is 0.317 e. The molecule has 1 aromatic carbocycles. The van der Waals surface area contributed by atoms with Crippen molar-refractivity contribution in [2.45, 2.75) is 64.9 Å². The number of rotatable bonds is 5. The Hall–Kier alpha value is -2.21. The van der Waals surface area contributed by atoms with Gasteiger partial charge in [0.2, 0.25) is 0 Å². The van der Waals surface area contributed by atoms with E-state index in [-0.39, 0.29) is 25.0 Å². The van der Waals surface area contributed by atoms with Crippen LogP contribution >= 0.6 is 0 Å². The molecule has 6 heteroatoms. The van der Waals surface area contributed by atoms with Crippen molar-refractivity contribution < 1.29 is 29.0 Å². The lowest BCUT2D eigenvalue weighted by molar-refractivity contribution is -0.172. The predicted octanol–water partition coefficient (Wildman–Crippen LogP) is 3.15. The number of hydrogen-bond acceptors (Lipinski definition) is 6. The SMILES string of the molecule is CCOC(=O)[C@H]1C(=O)C[C@](C)(O)[C@H](C(=O)OCC)[C@@H]1c1ccc(C(C)(C)C)cc1. The average Bonchev–Trinajstić information content (AvgIpc) is 2.59. The molecule has 1 aliphatic rings. The topological polar surface area (TPSA) is 89.9 Å². The lowest BCUT2D eigenvalue weighted by atomic mass is 9.61. The van der Waals surface area contributed by atoms with E-state index in [2.05, 4.69) is 20.8 Å². The Bertz CT molecular complexity index is 757. The maximum absolute atomic E-state index is 12.8. The molecular weight excluding hydrogens is 372 g/mol. The third-order valence-electron chi connectivity index (χ3n) is 5.51. The molecule has 1 aromatic rings. The molecule has 1 N–H and O–H groups in total. The molecule has 0 spiro atoms. The van der Waals surface area contributed by atoms with Crippen molar-refractivity contribution in [2.75, 3.05) is 13.2 Å². The normalized spacial score (nSPS) is 27.4. The van der Waals surface area contributed by atoms with E-state index >= 15 is 0 Å². The van der Waals surface area contributed by atoms with Crippen LogP contribution in [0.25, 0.3) is 0 Å². The molecule has 0 aliphatic heterocycles. The number of esters is 2. The average molecular weight is 405 g/mol. The molecule has 1 aliphatic carbocycles. The molecule has 0 bridgehead atoms. The van der Waals surface area contributed by atoms with Gasteiger partial charge in [0, 0.05) is 12.3 Å². The van der Waals surface area contributed by atoms with Gasteiger partial charge in [0.1, 0.15) is 5.92 Å². The standard InChI is InChI=1S/C23H32O6/c1-7-28-20(25)18-16(24)13-23(6,27)19(21(26)29-8-2)17(18)14-9-11-15(12-10-14)22(3,4)5/h9-12,17-19,27H,7-8,13H2,1-6H3/t17-,18+,19+,23+/m1/s1. The summed E-state index contributed by atoms with van der Waals surface area (Å²) in [5.74, 6) is -4.81. The van der Waals surface area contributed by atoms with Crippen molar-refractivity contribution in [3.8, 4) is 0 Å². The Kier molecular flexibility index (Phi) is 6.89. The summed E-state index contributed by atoms with van der Waals surface area (Å²) in [6, 6.07) is 7.48.